The van der Waals surface area contributed by atoms with E-state index in [1.54, 1.807) is 24.3 Å². The van der Waals surface area contributed by atoms with Crippen LogP contribution in [0.25, 0.3) is 17.2 Å². The molecule has 1 aromatic heterocycles. The molecule has 0 spiro atoms. The molecule has 0 atom stereocenters. The summed E-state index contributed by atoms with van der Waals surface area (Å²) in [6.07, 6.45) is 1.79. The van der Waals surface area contributed by atoms with Gasteiger partial charge in [0.2, 0.25) is 0 Å². The van der Waals surface area contributed by atoms with Crippen LogP contribution in [-0.4, -0.2) is 12.6 Å². The van der Waals surface area contributed by atoms with Crippen LogP contribution < -0.4 is 0 Å². The first-order chi connectivity index (χ1) is 9.20. The summed E-state index contributed by atoms with van der Waals surface area (Å²) in [7, 11) is 0. The quantitative estimate of drug-likeness (QED) is 0.596. The standard InChI is InChI=1S/C15H13BrO2S/c1-2-18-15(17)14(16)9-13-8-12(10-19-13)11-6-4-3-5-7-11/h3-10H,2H2,1H3/b14-9-. The van der Waals surface area contributed by atoms with Gasteiger partial charge in [-0.15, -0.1) is 11.3 Å². The third kappa shape index (κ3) is 3.78. The summed E-state index contributed by atoms with van der Waals surface area (Å²) < 4.78 is 5.36. The second-order valence-corrected chi connectivity index (χ2v) is 5.61. The summed E-state index contributed by atoms with van der Waals surface area (Å²) in [6.45, 7) is 2.16. The lowest BCUT2D eigenvalue weighted by Crippen LogP contribution is -2.02. The van der Waals surface area contributed by atoms with Gasteiger partial charge in [-0.2, -0.15) is 0 Å². The molecule has 1 heterocycles. The van der Waals surface area contributed by atoms with Crippen molar-refractivity contribution in [3.63, 3.8) is 0 Å². The largest absolute Gasteiger partial charge is 0.462 e. The van der Waals surface area contributed by atoms with Crippen LogP contribution in [0.4, 0.5) is 0 Å². The van der Waals surface area contributed by atoms with Crippen molar-refractivity contribution in [2.75, 3.05) is 6.61 Å². The fourth-order valence-corrected chi connectivity index (χ4v) is 2.96. The number of halogens is 1. The van der Waals surface area contributed by atoms with Crippen molar-refractivity contribution in [1.82, 2.24) is 0 Å². The van der Waals surface area contributed by atoms with Crippen molar-refractivity contribution >= 4 is 39.3 Å². The van der Waals surface area contributed by atoms with Gasteiger partial charge in [-0.25, -0.2) is 4.79 Å². The minimum absolute atomic E-state index is 0.336. The zero-order valence-electron chi connectivity index (χ0n) is 10.4. The number of thiophene rings is 1. The van der Waals surface area contributed by atoms with Crippen molar-refractivity contribution in [2.45, 2.75) is 6.92 Å². The van der Waals surface area contributed by atoms with E-state index < -0.39 is 0 Å². The van der Waals surface area contributed by atoms with E-state index in [1.165, 1.54) is 5.56 Å². The van der Waals surface area contributed by atoms with Crippen LogP contribution in [0.15, 0.2) is 46.3 Å². The second kappa shape index (κ2) is 6.68. The first kappa shape index (κ1) is 14.0. The van der Waals surface area contributed by atoms with Crippen LogP contribution in [0.1, 0.15) is 11.8 Å². The minimum atomic E-state index is -0.336. The Kier molecular flexibility index (Phi) is 4.93. The maximum Gasteiger partial charge on any atom is 0.345 e. The molecule has 4 heteroatoms. The van der Waals surface area contributed by atoms with E-state index in [4.69, 9.17) is 4.74 Å². The molecule has 0 bridgehead atoms. The summed E-state index contributed by atoms with van der Waals surface area (Å²) in [5, 5.41) is 2.08. The second-order valence-electron chi connectivity index (χ2n) is 3.82. The average Bonchev–Trinajstić information content (AvgIpc) is 2.88. The third-order valence-electron chi connectivity index (χ3n) is 2.47. The lowest BCUT2D eigenvalue weighted by atomic mass is 10.1. The lowest BCUT2D eigenvalue weighted by molar-refractivity contribution is -0.137. The van der Waals surface area contributed by atoms with E-state index >= 15 is 0 Å². The van der Waals surface area contributed by atoms with Gasteiger partial charge in [-0.05, 0) is 51.5 Å². The summed E-state index contributed by atoms with van der Waals surface area (Å²) in [6, 6.07) is 12.2. The third-order valence-corrected chi connectivity index (χ3v) is 3.90. The molecule has 0 unspecified atom stereocenters. The van der Waals surface area contributed by atoms with Crippen molar-refractivity contribution in [3.05, 3.63) is 51.1 Å². The normalized spacial score (nSPS) is 11.4. The molecule has 0 fully saturated rings. The SMILES string of the molecule is CCOC(=O)/C(Br)=C/c1cc(-c2ccccc2)cs1. The number of carbonyl (C=O) groups excluding carboxylic acids is 1. The Balaban J connectivity index is 2.18. The molecule has 0 amide bonds. The topological polar surface area (TPSA) is 26.3 Å². The van der Waals surface area contributed by atoms with E-state index in [0.29, 0.717) is 11.1 Å². The molecule has 0 aliphatic carbocycles. The summed E-state index contributed by atoms with van der Waals surface area (Å²) in [5.41, 5.74) is 2.33. The van der Waals surface area contributed by atoms with Gasteiger partial charge in [0, 0.05) is 4.88 Å². The zero-order valence-corrected chi connectivity index (χ0v) is 12.8. The molecule has 98 valence electrons. The van der Waals surface area contributed by atoms with E-state index in [-0.39, 0.29) is 5.97 Å². The van der Waals surface area contributed by atoms with Crippen LogP contribution in [0.3, 0.4) is 0 Å². The lowest BCUT2D eigenvalue weighted by Gasteiger charge is -1.98. The van der Waals surface area contributed by atoms with Gasteiger partial charge in [0.1, 0.15) is 4.48 Å². The van der Waals surface area contributed by atoms with Crippen LogP contribution in [0.5, 0.6) is 0 Å². The Labute approximate surface area is 124 Å². The van der Waals surface area contributed by atoms with Crippen LogP contribution >= 0.6 is 27.3 Å². The first-order valence-electron chi connectivity index (χ1n) is 5.89. The molecule has 0 saturated carbocycles. The Morgan fingerprint density at radius 1 is 1.32 bits per heavy atom. The molecule has 0 saturated heterocycles. The predicted octanol–water partition coefficient (Wildman–Crippen LogP) is 4.71. The maximum absolute atomic E-state index is 11.5. The Morgan fingerprint density at radius 3 is 2.74 bits per heavy atom. The number of benzene rings is 1. The minimum Gasteiger partial charge on any atom is -0.462 e. The molecule has 1 aromatic carbocycles. The molecular weight excluding hydrogens is 324 g/mol. The molecule has 0 aliphatic rings. The van der Waals surface area contributed by atoms with Gasteiger partial charge < -0.3 is 4.74 Å². The Bertz CT molecular complexity index is 587. The number of carbonyl (C=O) groups is 1. The highest BCUT2D eigenvalue weighted by Gasteiger charge is 2.08. The van der Waals surface area contributed by atoms with Crippen molar-refractivity contribution in [2.24, 2.45) is 0 Å². The van der Waals surface area contributed by atoms with E-state index in [2.05, 4.69) is 39.5 Å². The van der Waals surface area contributed by atoms with Gasteiger partial charge in [0.05, 0.1) is 6.61 Å². The van der Waals surface area contributed by atoms with Gasteiger partial charge in [-0.1, -0.05) is 30.3 Å². The van der Waals surface area contributed by atoms with Gasteiger partial charge in [-0.3, -0.25) is 0 Å². The average molecular weight is 337 g/mol. The fraction of sp³-hybridized carbons (Fsp3) is 0.133. The Morgan fingerprint density at radius 2 is 2.05 bits per heavy atom. The van der Waals surface area contributed by atoms with Crippen molar-refractivity contribution < 1.29 is 9.53 Å². The summed E-state index contributed by atoms with van der Waals surface area (Å²) in [4.78, 5) is 12.5. The summed E-state index contributed by atoms with van der Waals surface area (Å²) in [5.74, 6) is -0.336. The number of ether oxygens (including phenoxy) is 1. The predicted molar refractivity (Wildman–Crippen MR) is 83.3 cm³/mol. The van der Waals surface area contributed by atoms with E-state index in [1.807, 2.05) is 18.2 Å². The van der Waals surface area contributed by atoms with Crippen molar-refractivity contribution in [3.8, 4) is 11.1 Å². The highest BCUT2D eigenvalue weighted by Crippen LogP contribution is 2.27. The van der Waals surface area contributed by atoms with Crippen LogP contribution in [0.2, 0.25) is 0 Å². The smallest absolute Gasteiger partial charge is 0.345 e. The maximum atomic E-state index is 11.5. The number of esters is 1. The molecular formula is C15H13BrO2S. The summed E-state index contributed by atoms with van der Waals surface area (Å²) >= 11 is 4.83. The fourth-order valence-electron chi connectivity index (χ4n) is 1.59. The molecule has 19 heavy (non-hydrogen) atoms. The molecule has 0 N–H and O–H groups in total. The van der Waals surface area contributed by atoms with Gasteiger partial charge in [0.25, 0.3) is 0 Å². The first-order valence-corrected chi connectivity index (χ1v) is 7.56. The highest BCUT2D eigenvalue weighted by molar-refractivity contribution is 9.12. The van der Waals surface area contributed by atoms with E-state index in [0.717, 1.165) is 10.4 Å². The van der Waals surface area contributed by atoms with Gasteiger partial charge in [0.15, 0.2) is 0 Å². The van der Waals surface area contributed by atoms with E-state index in [9.17, 15) is 4.79 Å². The molecule has 2 nitrogen and oxygen atoms in total. The zero-order chi connectivity index (χ0) is 13.7. The molecule has 0 aliphatic heterocycles. The van der Waals surface area contributed by atoms with Crippen molar-refractivity contribution in [1.29, 1.82) is 0 Å². The highest BCUT2D eigenvalue weighted by atomic mass is 79.9. The number of rotatable bonds is 4. The van der Waals surface area contributed by atoms with Crippen LogP contribution in [0, 0.1) is 0 Å². The monoisotopic (exact) mass is 336 g/mol. The molecule has 0 radical (unpaired) electrons. The number of hydrogen-bond acceptors (Lipinski definition) is 3. The Hall–Kier alpha value is -1.39. The number of hydrogen-bond donors (Lipinski definition) is 0. The molecule has 2 aromatic rings. The van der Waals surface area contributed by atoms with Gasteiger partial charge >= 0.3 is 5.97 Å². The van der Waals surface area contributed by atoms with Crippen LogP contribution in [-0.2, 0) is 9.53 Å². The molecule has 2 rings (SSSR count).